The Hall–Kier alpha value is -0.570. The van der Waals surface area contributed by atoms with Crippen LogP contribution in [-0.2, 0) is 4.79 Å². The van der Waals surface area contributed by atoms with Gasteiger partial charge in [0.2, 0.25) is 5.91 Å². The van der Waals surface area contributed by atoms with Gasteiger partial charge < -0.3 is 10.6 Å². The predicted octanol–water partition coefficient (Wildman–Crippen LogP) is 2.54. The Morgan fingerprint density at radius 3 is 2.65 bits per heavy atom. The highest BCUT2D eigenvalue weighted by molar-refractivity contribution is 5.78. The molecule has 1 heterocycles. The van der Waals surface area contributed by atoms with Crippen LogP contribution in [0.5, 0.6) is 0 Å². The highest BCUT2D eigenvalue weighted by Gasteiger charge is 2.26. The van der Waals surface area contributed by atoms with E-state index in [2.05, 4.69) is 18.7 Å². The lowest BCUT2D eigenvalue weighted by atomic mass is 9.97. The van der Waals surface area contributed by atoms with Crippen molar-refractivity contribution < 1.29 is 4.79 Å². The molecule has 2 N–H and O–H groups in total. The fourth-order valence-corrected chi connectivity index (χ4v) is 2.58. The van der Waals surface area contributed by atoms with Crippen molar-refractivity contribution >= 4 is 5.91 Å². The van der Waals surface area contributed by atoms with Gasteiger partial charge in [-0.15, -0.1) is 0 Å². The van der Waals surface area contributed by atoms with Gasteiger partial charge in [0.05, 0.1) is 0 Å². The number of amides is 1. The summed E-state index contributed by atoms with van der Waals surface area (Å²) in [5.74, 6) is 0.510. The first-order chi connectivity index (χ1) is 8.02. The lowest BCUT2D eigenvalue weighted by Gasteiger charge is -2.35. The second-order valence-corrected chi connectivity index (χ2v) is 5.69. The zero-order chi connectivity index (χ0) is 12.8. The smallest absolute Gasteiger partial charge is 0.225 e. The van der Waals surface area contributed by atoms with Crippen LogP contribution in [-0.4, -0.2) is 29.4 Å². The molecule has 3 unspecified atom stereocenters. The molecule has 0 aromatic heterocycles. The van der Waals surface area contributed by atoms with E-state index < -0.39 is 0 Å². The molecular formula is C14H28N2O. The molecule has 1 amide bonds. The van der Waals surface area contributed by atoms with Crippen LogP contribution in [0.4, 0.5) is 0 Å². The molecule has 3 heteroatoms. The fraction of sp³-hybridized carbons (Fsp3) is 0.929. The lowest BCUT2D eigenvalue weighted by molar-refractivity contribution is -0.138. The monoisotopic (exact) mass is 240 g/mol. The Morgan fingerprint density at radius 1 is 1.35 bits per heavy atom. The molecule has 0 bridgehead atoms. The average Bonchev–Trinajstić information content (AvgIpc) is 2.28. The summed E-state index contributed by atoms with van der Waals surface area (Å²) in [6.07, 6.45) is 6.66. The van der Waals surface area contributed by atoms with Crippen LogP contribution >= 0.6 is 0 Å². The average molecular weight is 240 g/mol. The third kappa shape index (κ3) is 4.66. The second-order valence-electron chi connectivity index (χ2n) is 5.69. The minimum atomic E-state index is 0.161. The van der Waals surface area contributed by atoms with E-state index in [9.17, 15) is 4.79 Å². The van der Waals surface area contributed by atoms with Gasteiger partial charge in [-0.05, 0) is 46.0 Å². The van der Waals surface area contributed by atoms with Crippen molar-refractivity contribution in [3.63, 3.8) is 0 Å². The molecule has 1 aliphatic heterocycles. The van der Waals surface area contributed by atoms with Crippen LogP contribution in [0.15, 0.2) is 0 Å². The zero-order valence-electron chi connectivity index (χ0n) is 11.6. The van der Waals surface area contributed by atoms with Gasteiger partial charge in [-0.2, -0.15) is 0 Å². The van der Waals surface area contributed by atoms with E-state index in [1.165, 1.54) is 12.8 Å². The Labute approximate surface area is 106 Å². The summed E-state index contributed by atoms with van der Waals surface area (Å²) < 4.78 is 0. The van der Waals surface area contributed by atoms with E-state index in [4.69, 9.17) is 5.73 Å². The van der Waals surface area contributed by atoms with Crippen molar-refractivity contribution in [3.05, 3.63) is 0 Å². The number of piperidine rings is 1. The van der Waals surface area contributed by atoms with Gasteiger partial charge in [0.15, 0.2) is 0 Å². The molecule has 0 radical (unpaired) electrons. The summed E-state index contributed by atoms with van der Waals surface area (Å²) in [5, 5.41) is 0. The first-order valence-electron chi connectivity index (χ1n) is 7.08. The summed E-state index contributed by atoms with van der Waals surface area (Å²) in [6, 6.07) is 0.693. The van der Waals surface area contributed by atoms with Crippen molar-refractivity contribution in [2.75, 3.05) is 6.54 Å². The van der Waals surface area contributed by atoms with Crippen LogP contribution in [0.3, 0.4) is 0 Å². The van der Waals surface area contributed by atoms with Crippen molar-refractivity contribution in [1.29, 1.82) is 0 Å². The van der Waals surface area contributed by atoms with E-state index >= 15 is 0 Å². The molecule has 0 spiro atoms. The summed E-state index contributed by atoms with van der Waals surface area (Å²) in [4.78, 5) is 14.4. The number of hydrogen-bond acceptors (Lipinski definition) is 2. The molecule has 0 saturated carbocycles. The first-order valence-corrected chi connectivity index (χ1v) is 7.08. The molecule has 0 aliphatic carbocycles. The van der Waals surface area contributed by atoms with E-state index in [-0.39, 0.29) is 12.0 Å². The minimum Gasteiger partial charge on any atom is -0.340 e. The molecule has 3 atom stereocenters. The molecule has 1 rings (SSSR count). The van der Waals surface area contributed by atoms with E-state index in [1.807, 2.05) is 6.92 Å². The van der Waals surface area contributed by atoms with Gasteiger partial charge in [-0.3, -0.25) is 4.79 Å². The number of carbonyl (C=O) groups is 1. The van der Waals surface area contributed by atoms with Crippen LogP contribution in [0.25, 0.3) is 0 Å². The topological polar surface area (TPSA) is 46.3 Å². The molecule has 1 aliphatic rings. The van der Waals surface area contributed by atoms with E-state index in [1.54, 1.807) is 0 Å². The maximum absolute atomic E-state index is 12.3. The van der Waals surface area contributed by atoms with Crippen LogP contribution < -0.4 is 5.73 Å². The van der Waals surface area contributed by atoms with Crippen molar-refractivity contribution in [1.82, 2.24) is 4.90 Å². The van der Waals surface area contributed by atoms with Crippen LogP contribution in [0.1, 0.15) is 59.3 Å². The Morgan fingerprint density at radius 2 is 2.06 bits per heavy atom. The molecule has 3 nitrogen and oxygen atoms in total. The molecule has 17 heavy (non-hydrogen) atoms. The van der Waals surface area contributed by atoms with Gasteiger partial charge in [0, 0.05) is 24.5 Å². The summed E-state index contributed by atoms with van der Waals surface area (Å²) in [7, 11) is 0. The van der Waals surface area contributed by atoms with Gasteiger partial charge >= 0.3 is 0 Å². The van der Waals surface area contributed by atoms with Crippen LogP contribution in [0, 0.1) is 5.92 Å². The van der Waals surface area contributed by atoms with Crippen molar-refractivity contribution in [3.8, 4) is 0 Å². The first kappa shape index (κ1) is 14.5. The van der Waals surface area contributed by atoms with Gasteiger partial charge in [0.1, 0.15) is 0 Å². The highest BCUT2D eigenvalue weighted by Crippen LogP contribution is 2.21. The lowest BCUT2D eigenvalue weighted by Crippen LogP contribution is -2.44. The summed E-state index contributed by atoms with van der Waals surface area (Å²) in [6.45, 7) is 7.22. The number of hydrogen-bond donors (Lipinski definition) is 1. The standard InChI is InChI=1S/C14H28N2O/c1-11(7-6-8-12(2)15)14(17)16-10-5-4-9-13(16)3/h11-13H,4-10,15H2,1-3H3. The van der Waals surface area contributed by atoms with Gasteiger partial charge in [0.25, 0.3) is 0 Å². The molecule has 1 saturated heterocycles. The molecule has 0 aromatic carbocycles. The quantitative estimate of drug-likeness (QED) is 0.802. The minimum absolute atomic E-state index is 0.161. The highest BCUT2D eigenvalue weighted by atomic mass is 16.2. The Kier molecular flexibility index (Phi) is 5.96. The third-order valence-corrected chi connectivity index (χ3v) is 3.80. The molecule has 100 valence electrons. The molecule has 0 aromatic rings. The normalized spacial score (nSPS) is 24.5. The van der Waals surface area contributed by atoms with Crippen molar-refractivity contribution in [2.24, 2.45) is 11.7 Å². The maximum atomic E-state index is 12.3. The maximum Gasteiger partial charge on any atom is 0.225 e. The molecular weight excluding hydrogens is 212 g/mol. The van der Waals surface area contributed by atoms with E-state index in [0.29, 0.717) is 11.9 Å². The molecule has 1 fully saturated rings. The Balaban J connectivity index is 2.34. The second kappa shape index (κ2) is 7.00. The number of nitrogens with zero attached hydrogens (tertiary/aromatic N) is 1. The summed E-state index contributed by atoms with van der Waals surface area (Å²) >= 11 is 0. The van der Waals surface area contributed by atoms with Crippen molar-refractivity contribution in [2.45, 2.75) is 71.4 Å². The fourth-order valence-electron chi connectivity index (χ4n) is 2.58. The van der Waals surface area contributed by atoms with Gasteiger partial charge in [-0.25, -0.2) is 0 Å². The number of rotatable bonds is 5. The summed E-state index contributed by atoms with van der Waals surface area (Å²) in [5.41, 5.74) is 5.72. The Bertz CT molecular complexity index is 240. The third-order valence-electron chi connectivity index (χ3n) is 3.80. The SMILES string of the molecule is CC(N)CCCC(C)C(=O)N1CCCCC1C. The largest absolute Gasteiger partial charge is 0.340 e. The zero-order valence-corrected chi connectivity index (χ0v) is 11.6. The number of likely N-dealkylation sites (tertiary alicyclic amines) is 1. The van der Waals surface area contributed by atoms with Gasteiger partial charge in [-0.1, -0.05) is 13.3 Å². The predicted molar refractivity (Wildman–Crippen MR) is 71.7 cm³/mol. The van der Waals surface area contributed by atoms with Crippen LogP contribution in [0.2, 0.25) is 0 Å². The number of carbonyl (C=O) groups excluding carboxylic acids is 1. The number of nitrogens with two attached hydrogens (primary N) is 1. The van der Waals surface area contributed by atoms with E-state index in [0.717, 1.165) is 32.2 Å².